The van der Waals surface area contributed by atoms with Crippen molar-refractivity contribution in [2.75, 3.05) is 25.0 Å². The number of ether oxygens (including phenoxy) is 2. The molecule has 3 aromatic carbocycles. The number of esters is 1. The van der Waals surface area contributed by atoms with Gasteiger partial charge in [-0.3, -0.25) is 4.79 Å². The molecule has 0 radical (unpaired) electrons. The van der Waals surface area contributed by atoms with Crippen LogP contribution >= 0.6 is 0 Å². The molecular formula is C25H22N2O5. The van der Waals surface area contributed by atoms with Gasteiger partial charge in [-0.15, -0.1) is 0 Å². The molecule has 1 amide bonds. The second kappa shape index (κ2) is 7.30. The summed E-state index contributed by atoms with van der Waals surface area (Å²) in [6.07, 6.45) is 0. The molecule has 1 spiro atoms. The van der Waals surface area contributed by atoms with E-state index in [4.69, 9.17) is 9.47 Å². The van der Waals surface area contributed by atoms with Crippen LogP contribution in [0.2, 0.25) is 0 Å². The first-order valence-corrected chi connectivity index (χ1v) is 10.4. The highest BCUT2D eigenvalue weighted by Gasteiger charge is 2.53. The summed E-state index contributed by atoms with van der Waals surface area (Å²) in [6.45, 7) is 2.62. The Labute approximate surface area is 185 Å². The Morgan fingerprint density at radius 2 is 1.75 bits per heavy atom. The summed E-state index contributed by atoms with van der Waals surface area (Å²) < 4.78 is 12.2. The summed E-state index contributed by atoms with van der Waals surface area (Å²) in [4.78, 5) is 26.7. The minimum absolute atomic E-state index is 0.0458. The number of fused-ring (bicyclic) bond motifs is 6. The molecule has 5 rings (SSSR count). The van der Waals surface area contributed by atoms with Crippen molar-refractivity contribution in [3.8, 4) is 17.2 Å². The molecule has 2 heterocycles. The predicted octanol–water partition coefficient (Wildman–Crippen LogP) is 3.53. The number of amides is 1. The quantitative estimate of drug-likeness (QED) is 0.616. The molecule has 2 N–H and O–H groups in total. The highest BCUT2D eigenvalue weighted by molar-refractivity contribution is 5.97. The first kappa shape index (κ1) is 19.9. The van der Waals surface area contributed by atoms with E-state index in [-0.39, 0.29) is 18.2 Å². The third kappa shape index (κ3) is 2.89. The number of aromatic hydroxyl groups is 1. The van der Waals surface area contributed by atoms with E-state index >= 15 is 0 Å². The van der Waals surface area contributed by atoms with Crippen molar-refractivity contribution in [2.45, 2.75) is 12.5 Å². The number of hydrogen-bond acceptors (Lipinski definition) is 6. The summed E-state index contributed by atoms with van der Waals surface area (Å²) in [5.41, 5.74) is 2.14. The van der Waals surface area contributed by atoms with Crippen molar-refractivity contribution in [2.24, 2.45) is 0 Å². The van der Waals surface area contributed by atoms with E-state index in [0.29, 0.717) is 34.7 Å². The average Bonchev–Trinajstić information content (AvgIpc) is 3.06. The highest BCUT2D eigenvalue weighted by atomic mass is 16.6. The molecule has 2 aliphatic heterocycles. The van der Waals surface area contributed by atoms with Gasteiger partial charge in [0, 0.05) is 48.1 Å². The summed E-state index contributed by atoms with van der Waals surface area (Å²) >= 11 is 0. The van der Waals surface area contributed by atoms with Crippen LogP contribution < -0.4 is 15.0 Å². The molecule has 1 atom stereocenters. The lowest BCUT2D eigenvalue weighted by molar-refractivity contribution is -0.119. The van der Waals surface area contributed by atoms with E-state index in [0.717, 1.165) is 11.3 Å². The number of benzene rings is 3. The van der Waals surface area contributed by atoms with Gasteiger partial charge in [-0.25, -0.2) is 4.79 Å². The van der Waals surface area contributed by atoms with Crippen LogP contribution in [0.15, 0.2) is 60.7 Å². The number of rotatable bonds is 4. The van der Waals surface area contributed by atoms with Crippen molar-refractivity contribution in [3.63, 3.8) is 0 Å². The van der Waals surface area contributed by atoms with E-state index in [1.165, 1.54) is 6.07 Å². The van der Waals surface area contributed by atoms with Crippen LogP contribution in [0.5, 0.6) is 17.2 Å². The Morgan fingerprint density at radius 1 is 1.03 bits per heavy atom. The molecule has 0 bridgehead atoms. The number of hydrogen-bond donors (Lipinski definition) is 2. The van der Waals surface area contributed by atoms with Gasteiger partial charge in [-0.05, 0) is 37.3 Å². The smallest absolute Gasteiger partial charge is 0.340 e. The Bertz CT molecular complexity index is 1250. The third-order valence-electron chi connectivity index (χ3n) is 5.88. The number of carbonyl (C=O) groups excluding carboxylic acids is 2. The number of phenolic OH excluding ortho intramolecular Hbond substituents is 1. The highest BCUT2D eigenvalue weighted by Crippen LogP contribution is 2.56. The Morgan fingerprint density at radius 3 is 2.53 bits per heavy atom. The van der Waals surface area contributed by atoms with E-state index in [9.17, 15) is 14.7 Å². The summed E-state index contributed by atoms with van der Waals surface area (Å²) in [5.74, 6) is 0.451. The van der Waals surface area contributed by atoms with Crippen LogP contribution in [0.4, 0.5) is 5.69 Å². The molecule has 162 valence electrons. The zero-order chi connectivity index (χ0) is 22.5. The van der Waals surface area contributed by atoms with Crippen molar-refractivity contribution < 1.29 is 24.2 Å². The summed E-state index contributed by atoms with van der Waals surface area (Å²) in [5, 5.41) is 12.9. The van der Waals surface area contributed by atoms with Crippen LogP contribution in [0.3, 0.4) is 0 Å². The number of anilines is 1. The molecule has 32 heavy (non-hydrogen) atoms. The molecule has 0 aromatic heterocycles. The zero-order valence-corrected chi connectivity index (χ0v) is 17.7. The maximum Gasteiger partial charge on any atom is 0.340 e. The molecule has 3 aromatic rings. The molecule has 1 unspecified atom stereocenters. The fourth-order valence-electron chi connectivity index (χ4n) is 4.45. The lowest BCUT2D eigenvalue weighted by Gasteiger charge is -2.37. The Hall–Kier alpha value is -4.00. The van der Waals surface area contributed by atoms with Gasteiger partial charge in [0.15, 0.2) is 5.60 Å². The zero-order valence-electron chi connectivity index (χ0n) is 17.7. The van der Waals surface area contributed by atoms with Gasteiger partial charge < -0.3 is 24.8 Å². The van der Waals surface area contributed by atoms with Crippen molar-refractivity contribution in [1.82, 2.24) is 5.32 Å². The maximum atomic E-state index is 12.8. The van der Waals surface area contributed by atoms with E-state index in [1.807, 2.05) is 49.2 Å². The molecule has 0 saturated heterocycles. The van der Waals surface area contributed by atoms with Gasteiger partial charge >= 0.3 is 5.97 Å². The molecule has 2 aliphatic rings. The van der Waals surface area contributed by atoms with Crippen LogP contribution in [-0.4, -0.2) is 37.1 Å². The van der Waals surface area contributed by atoms with E-state index < -0.39 is 11.6 Å². The van der Waals surface area contributed by atoms with Crippen LogP contribution in [0.1, 0.15) is 34.0 Å². The largest absolute Gasteiger partial charge is 0.508 e. The number of likely N-dealkylation sites (N-methyl/N-ethyl adjacent to an activating group) is 2. The van der Waals surface area contributed by atoms with Gasteiger partial charge in [0.25, 0.3) is 0 Å². The molecule has 7 heteroatoms. The Balaban J connectivity index is 1.67. The average molecular weight is 430 g/mol. The van der Waals surface area contributed by atoms with Crippen LogP contribution in [0, 0.1) is 0 Å². The number of nitrogens with one attached hydrogen (secondary N) is 1. The first-order valence-electron chi connectivity index (χ1n) is 10.4. The number of carbonyl (C=O) groups is 2. The molecule has 0 aliphatic carbocycles. The molecular weight excluding hydrogens is 408 g/mol. The maximum absolute atomic E-state index is 12.8. The second-order valence-electron chi connectivity index (χ2n) is 7.89. The monoisotopic (exact) mass is 430 g/mol. The molecule has 0 fully saturated rings. The van der Waals surface area contributed by atoms with Crippen molar-refractivity contribution >= 4 is 17.6 Å². The van der Waals surface area contributed by atoms with Gasteiger partial charge in [0.05, 0.1) is 12.1 Å². The summed E-state index contributed by atoms with van der Waals surface area (Å²) in [7, 11) is 1.82. The van der Waals surface area contributed by atoms with Gasteiger partial charge in [0.1, 0.15) is 17.2 Å². The van der Waals surface area contributed by atoms with Gasteiger partial charge in [-0.1, -0.05) is 18.2 Å². The lowest BCUT2D eigenvalue weighted by atomic mass is 9.77. The summed E-state index contributed by atoms with van der Waals surface area (Å²) in [6, 6.07) is 17.6. The van der Waals surface area contributed by atoms with Crippen molar-refractivity contribution in [1.29, 1.82) is 0 Å². The minimum atomic E-state index is -1.18. The SMILES string of the molecule is CCNC(=O)CN(C)c1ccc2c(c1)Oc1cc(O)ccc1C21OC(=O)c2ccccc21. The molecule has 7 nitrogen and oxygen atoms in total. The van der Waals surface area contributed by atoms with Gasteiger partial charge in [0.2, 0.25) is 5.91 Å². The lowest BCUT2D eigenvalue weighted by Crippen LogP contribution is -2.35. The topological polar surface area (TPSA) is 88.1 Å². The Kier molecular flexibility index (Phi) is 4.55. The van der Waals surface area contributed by atoms with Crippen LogP contribution in [-0.2, 0) is 15.1 Å². The minimum Gasteiger partial charge on any atom is -0.508 e. The van der Waals surface area contributed by atoms with Gasteiger partial charge in [-0.2, -0.15) is 0 Å². The van der Waals surface area contributed by atoms with Crippen molar-refractivity contribution in [3.05, 3.63) is 82.9 Å². The fourth-order valence-corrected chi connectivity index (χ4v) is 4.45. The normalized spacial score (nSPS) is 17.6. The molecule has 0 saturated carbocycles. The number of phenols is 1. The first-order chi connectivity index (χ1) is 15.4. The van der Waals surface area contributed by atoms with E-state index in [2.05, 4.69) is 5.32 Å². The standard InChI is InChI=1S/C25H22N2O5/c1-3-26-23(29)14-27(2)15-8-10-19-21(12-15)31-22-13-16(28)9-11-20(22)25(19)18-7-5-4-6-17(18)24(30)32-25/h4-13,28H,3,14H2,1-2H3,(H,26,29). The second-order valence-corrected chi connectivity index (χ2v) is 7.89. The fraction of sp³-hybridized carbons (Fsp3) is 0.200. The van der Waals surface area contributed by atoms with E-state index in [1.54, 1.807) is 24.3 Å². The predicted molar refractivity (Wildman–Crippen MR) is 118 cm³/mol. The third-order valence-corrected chi connectivity index (χ3v) is 5.88. The van der Waals surface area contributed by atoms with Crippen LogP contribution in [0.25, 0.3) is 0 Å². The number of nitrogens with zero attached hydrogens (tertiary/aromatic N) is 1.